The lowest BCUT2D eigenvalue weighted by Crippen LogP contribution is -2.13. The van der Waals surface area contributed by atoms with Gasteiger partial charge in [0.15, 0.2) is 16.6 Å². The van der Waals surface area contributed by atoms with Crippen molar-refractivity contribution in [1.29, 1.82) is 5.26 Å². The van der Waals surface area contributed by atoms with Crippen LogP contribution in [0.1, 0.15) is 28.0 Å². The second-order valence-corrected chi connectivity index (χ2v) is 10.0. The van der Waals surface area contributed by atoms with Crippen LogP contribution < -0.4 is 10.2 Å². The maximum absolute atomic E-state index is 14.6. The molecule has 0 amide bonds. The van der Waals surface area contributed by atoms with Crippen LogP contribution in [-0.2, 0) is 11.2 Å². The van der Waals surface area contributed by atoms with Gasteiger partial charge >= 0.3 is 5.97 Å². The number of anilines is 2. The minimum atomic E-state index is -0.834. The van der Waals surface area contributed by atoms with Crippen molar-refractivity contribution >= 4 is 48.4 Å². The highest BCUT2D eigenvalue weighted by Gasteiger charge is 2.22. The number of carbonyl (C=O) groups excluding carboxylic acids is 1. The molecule has 5 aromatic rings. The summed E-state index contributed by atoms with van der Waals surface area (Å²) >= 11 is 1.31. The molecule has 0 radical (unpaired) electrons. The highest BCUT2D eigenvalue weighted by Crippen LogP contribution is 2.37. The Morgan fingerprint density at radius 1 is 1.18 bits per heavy atom. The number of methoxy groups -OCH3 is 1. The van der Waals surface area contributed by atoms with E-state index < -0.39 is 11.8 Å². The van der Waals surface area contributed by atoms with Crippen LogP contribution in [-0.4, -0.2) is 39.5 Å². The predicted octanol–water partition coefficient (Wildman–Crippen LogP) is 5.15. The van der Waals surface area contributed by atoms with Crippen molar-refractivity contribution in [2.45, 2.75) is 13.3 Å². The summed E-state index contributed by atoms with van der Waals surface area (Å²) in [5.74, 6) is -0.811. The Morgan fingerprint density at radius 3 is 2.58 bits per heavy atom. The summed E-state index contributed by atoms with van der Waals surface area (Å²) in [6.45, 7) is 2.02. The first-order chi connectivity index (χ1) is 18.3. The van der Waals surface area contributed by atoms with Gasteiger partial charge in [-0.15, -0.1) is 9.24 Å². The molecule has 0 N–H and O–H groups in total. The number of hydrogen-bond acceptors (Lipinski definition) is 8. The highest BCUT2D eigenvalue weighted by atomic mass is 32.1. The lowest BCUT2D eigenvalue weighted by Gasteiger charge is -2.17. The van der Waals surface area contributed by atoms with Gasteiger partial charge in [0.1, 0.15) is 28.1 Å². The molecule has 0 aliphatic carbocycles. The van der Waals surface area contributed by atoms with E-state index in [1.165, 1.54) is 30.7 Å². The lowest BCUT2D eigenvalue weighted by atomic mass is 10.1. The van der Waals surface area contributed by atoms with Gasteiger partial charge in [-0.3, -0.25) is 4.40 Å². The molecule has 1 unspecified atom stereocenters. The van der Waals surface area contributed by atoms with Gasteiger partial charge in [0.2, 0.25) is 0 Å². The number of nitriles is 1. The Morgan fingerprint density at radius 2 is 1.92 bits per heavy atom. The van der Waals surface area contributed by atoms with Crippen LogP contribution in [0.3, 0.4) is 0 Å². The largest absolute Gasteiger partial charge is 0.464 e. The van der Waals surface area contributed by atoms with Crippen molar-refractivity contribution in [2.24, 2.45) is 0 Å². The quantitative estimate of drug-likeness (QED) is 0.216. The summed E-state index contributed by atoms with van der Waals surface area (Å²) in [7, 11) is 5.71. The molecule has 8 nitrogen and oxygen atoms in total. The molecule has 0 bridgehead atoms. The molecule has 0 saturated heterocycles. The number of esters is 1. The van der Waals surface area contributed by atoms with E-state index in [1.807, 2.05) is 65.9 Å². The van der Waals surface area contributed by atoms with Crippen LogP contribution in [0.5, 0.6) is 0 Å². The Balaban J connectivity index is 1.59. The normalized spacial score (nSPS) is 10.9. The first-order valence-corrected chi connectivity index (χ1v) is 13.0. The van der Waals surface area contributed by atoms with Crippen LogP contribution in [0.25, 0.3) is 28.0 Å². The summed E-state index contributed by atoms with van der Waals surface area (Å²) in [4.78, 5) is 27.7. The molecule has 38 heavy (non-hydrogen) atoms. The van der Waals surface area contributed by atoms with Gasteiger partial charge < -0.3 is 9.64 Å². The third-order valence-corrected chi connectivity index (χ3v) is 7.48. The molecule has 0 saturated carbocycles. The van der Waals surface area contributed by atoms with Crippen LogP contribution in [0.15, 0.2) is 54.9 Å². The Labute approximate surface area is 224 Å². The summed E-state index contributed by atoms with van der Waals surface area (Å²) < 4.78 is 21.1. The maximum atomic E-state index is 14.6. The second kappa shape index (κ2) is 10.3. The number of ether oxygens (including phenoxy) is 1. The van der Waals surface area contributed by atoms with Crippen LogP contribution in [0.4, 0.5) is 15.3 Å². The molecule has 4 aromatic heterocycles. The molecule has 190 valence electrons. The monoisotopic (exact) mass is 544 g/mol. The Hall–Kier alpha value is -4.19. The van der Waals surface area contributed by atoms with Gasteiger partial charge in [0.05, 0.1) is 12.8 Å². The van der Waals surface area contributed by atoms with Gasteiger partial charge in [-0.25, -0.2) is 24.1 Å². The number of carbonyl (C=O) groups is 1. The molecule has 0 spiro atoms. The molecule has 5 rings (SSSR count). The van der Waals surface area contributed by atoms with E-state index in [9.17, 15) is 14.4 Å². The van der Waals surface area contributed by atoms with Gasteiger partial charge in [-0.2, -0.15) is 5.26 Å². The lowest BCUT2D eigenvalue weighted by molar-refractivity contribution is 0.0588. The fourth-order valence-electron chi connectivity index (χ4n) is 4.14. The van der Waals surface area contributed by atoms with E-state index in [4.69, 9.17) is 9.97 Å². The molecule has 1 aromatic carbocycles. The van der Waals surface area contributed by atoms with Crippen LogP contribution in [0, 0.1) is 17.1 Å². The molecular formula is C27H22FN6O2PS. The summed E-state index contributed by atoms with van der Waals surface area (Å²) in [5.41, 5.74) is 3.86. The number of rotatable bonds is 6. The highest BCUT2D eigenvalue weighted by molar-refractivity contribution is 7.27. The van der Waals surface area contributed by atoms with Crippen molar-refractivity contribution < 1.29 is 13.9 Å². The Bertz CT molecular complexity index is 1720. The zero-order valence-corrected chi connectivity index (χ0v) is 22.7. The second-order valence-electron chi connectivity index (χ2n) is 8.39. The Kier molecular flexibility index (Phi) is 6.89. The topological polar surface area (TPSA) is 96.4 Å². The fourth-order valence-corrected chi connectivity index (χ4v) is 5.18. The molecule has 1 atom stereocenters. The van der Waals surface area contributed by atoms with Crippen molar-refractivity contribution in [1.82, 2.24) is 19.4 Å². The van der Waals surface area contributed by atoms with Gasteiger partial charge in [-0.1, -0.05) is 42.5 Å². The standard InChI is InChI=1S/C27H22FN6O2PS/c1-4-20-25(33(2)27-32-23(21(12-29)38-27)15-5-8-18(37)9-6-15)34-14-16(7-10-22(34)31-20)17-11-19(28)24(30-13-17)26(35)36-3/h5-11,13-14H,4,37H2,1-3H3. The van der Waals surface area contributed by atoms with Crippen molar-refractivity contribution in [3.05, 3.63) is 76.9 Å². The van der Waals surface area contributed by atoms with E-state index in [-0.39, 0.29) is 5.69 Å². The van der Waals surface area contributed by atoms with E-state index in [1.54, 1.807) is 0 Å². The fraction of sp³-hybridized carbons (Fsp3) is 0.148. The average molecular weight is 545 g/mol. The van der Waals surface area contributed by atoms with E-state index in [2.05, 4.69) is 25.0 Å². The predicted molar refractivity (Wildman–Crippen MR) is 149 cm³/mol. The van der Waals surface area contributed by atoms with Gasteiger partial charge in [-0.05, 0) is 29.9 Å². The van der Waals surface area contributed by atoms with Crippen molar-refractivity contribution in [2.75, 3.05) is 19.1 Å². The molecule has 4 heterocycles. The average Bonchev–Trinajstić information content (AvgIpc) is 3.54. The SMILES string of the molecule is CCc1nc2ccc(-c3cnc(C(=O)OC)c(F)c3)cn2c1N(C)c1nc(-c2ccc(P)cc2)c(C#N)s1. The van der Waals surface area contributed by atoms with Gasteiger partial charge in [0.25, 0.3) is 0 Å². The summed E-state index contributed by atoms with van der Waals surface area (Å²) in [6, 6.07) is 15.0. The molecule has 0 aliphatic heterocycles. The molecule has 0 fully saturated rings. The number of fused-ring (bicyclic) bond motifs is 1. The van der Waals surface area contributed by atoms with Crippen molar-refractivity contribution in [3.63, 3.8) is 0 Å². The zero-order valence-electron chi connectivity index (χ0n) is 20.8. The van der Waals surface area contributed by atoms with Crippen LogP contribution >= 0.6 is 20.6 Å². The third kappa shape index (κ3) is 4.51. The van der Waals surface area contributed by atoms with Gasteiger partial charge in [0, 0.05) is 36.1 Å². The van der Waals surface area contributed by atoms with E-state index in [0.29, 0.717) is 38.9 Å². The first-order valence-electron chi connectivity index (χ1n) is 11.6. The smallest absolute Gasteiger partial charge is 0.359 e. The zero-order chi connectivity index (χ0) is 27.0. The summed E-state index contributed by atoms with van der Waals surface area (Å²) in [5, 5.41) is 11.5. The van der Waals surface area contributed by atoms with Crippen LogP contribution in [0.2, 0.25) is 0 Å². The molecule has 11 heteroatoms. The minimum Gasteiger partial charge on any atom is -0.464 e. The molecule has 0 aliphatic rings. The minimum absolute atomic E-state index is 0.367. The molecular weight excluding hydrogens is 522 g/mol. The van der Waals surface area contributed by atoms with E-state index >= 15 is 0 Å². The first kappa shape index (κ1) is 25.5. The third-order valence-electron chi connectivity index (χ3n) is 6.06. The number of thiazole rings is 1. The number of pyridine rings is 2. The number of imidazole rings is 1. The van der Waals surface area contributed by atoms with E-state index in [0.717, 1.165) is 22.4 Å². The number of halogens is 1. The number of nitrogens with zero attached hydrogens (tertiary/aromatic N) is 6. The number of hydrogen-bond donors (Lipinski definition) is 0. The number of aryl methyl sites for hydroxylation is 1. The maximum Gasteiger partial charge on any atom is 0.359 e. The summed E-state index contributed by atoms with van der Waals surface area (Å²) in [6.07, 6.45) is 3.95. The number of aromatic nitrogens is 4. The number of benzene rings is 1. The van der Waals surface area contributed by atoms with Crippen molar-refractivity contribution in [3.8, 4) is 28.5 Å².